The van der Waals surface area contributed by atoms with Crippen LogP contribution in [0.2, 0.25) is 0 Å². The lowest BCUT2D eigenvalue weighted by atomic mass is 10.2. The second kappa shape index (κ2) is 5.60. The molecule has 1 N–H and O–H groups in total. The van der Waals surface area contributed by atoms with Crippen molar-refractivity contribution in [3.63, 3.8) is 0 Å². The molecule has 0 radical (unpaired) electrons. The summed E-state index contributed by atoms with van der Waals surface area (Å²) in [5.41, 5.74) is -0.116. The molecule has 2 aromatic rings. The minimum Gasteiger partial charge on any atom is -0.384 e. The maximum atomic E-state index is 12.5. The Labute approximate surface area is 115 Å². The minimum absolute atomic E-state index is 0.354. The predicted octanol–water partition coefficient (Wildman–Crippen LogP) is 3.51. The molecule has 0 saturated carbocycles. The van der Waals surface area contributed by atoms with Crippen molar-refractivity contribution in [3.05, 3.63) is 40.5 Å². The minimum atomic E-state index is -4.34. The zero-order chi connectivity index (χ0) is 13.9. The summed E-state index contributed by atoms with van der Waals surface area (Å²) in [5.74, 6) is 0.468. The number of hydrogen-bond acceptors (Lipinski definition) is 4. The van der Waals surface area contributed by atoms with Crippen molar-refractivity contribution in [1.82, 2.24) is 10.1 Å². The van der Waals surface area contributed by atoms with E-state index in [2.05, 4.69) is 31.4 Å². The molecule has 0 spiro atoms. The zero-order valence-electron chi connectivity index (χ0n) is 9.54. The van der Waals surface area contributed by atoms with Gasteiger partial charge < -0.3 is 9.84 Å². The fourth-order valence-electron chi connectivity index (χ4n) is 1.45. The van der Waals surface area contributed by atoms with Gasteiger partial charge in [-0.25, -0.2) is 0 Å². The van der Waals surface area contributed by atoms with E-state index in [-0.39, 0.29) is 0 Å². The summed E-state index contributed by atoms with van der Waals surface area (Å²) in [6, 6.07) is 3.44. The quantitative estimate of drug-likeness (QED) is 0.928. The first kappa shape index (κ1) is 13.9. The number of hydrogen-bond donors (Lipinski definition) is 1. The number of nitrogens with zero attached hydrogens (tertiary/aromatic N) is 2. The predicted molar refractivity (Wildman–Crippen MR) is 65.6 cm³/mol. The summed E-state index contributed by atoms with van der Waals surface area (Å²) in [4.78, 5) is 3.84. The summed E-state index contributed by atoms with van der Waals surface area (Å²) in [6.45, 7) is 0.478. The average molecular weight is 336 g/mol. The normalized spacial score (nSPS) is 11.6. The van der Waals surface area contributed by atoms with Gasteiger partial charge in [-0.1, -0.05) is 5.16 Å². The van der Waals surface area contributed by atoms with E-state index in [0.717, 1.165) is 12.1 Å². The van der Waals surface area contributed by atoms with Crippen molar-refractivity contribution >= 4 is 21.6 Å². The summed E-state index contributed by atoms with van der Waals surface area (Å²) < 4.78 is 42.6. The number of halogens is 4. The fourth-order valence-corrected chi connectivity index (χ4v) is 1.96. The monoisotopic (exact) mass is 335 g/mol. The van der Waals surface area contributed by atoms with Gasteiger partial charge in [-0.15, -0.1) is 0 Å². The molecule has 1 aromatic carbocycles. The Kier molecular flexibility index (Phi) is 4.08. The number of alkyl halides is 3. The molecule has 1 heterocycles. The first-order chi connectivity index (χ1) is 8.97. The fraction of sp³-hybridized carbons (Fsp3) is 0.273. The topological polar surface area (TPSA) is 51.0 Å². The van der Waals surface area contributed by atoms with E-state index < -0.39 is 11.7 Å². The number of aromatic nitrogens is 2. The second-order valence-electron chi connectivity index (χ2n) is 3.70. The van der Waals surface area contributed by atoms with Crippen LogP contribution < -0.4 is 5.32 Å². The third-order valence-corrected chi connectivity index (χ3v) is 3.01. The molecule has 0 aliphatic carbocycles. The highest BCUT2D eigenvalue weighted by atomic mass is 79.9. The van der Waals surface area contributed by atoms with Gasteiger partial charge in [0.05, 0.1) is 5.56 Å². The molecular formula is C11H9BrF3N3O. The van der Waals surface area contributed by atoms with Crippen LogP contribution in [0.1, 0.15) is 11.5 Å². The molecule has 0 atom stereocenters. The number of rotatable bonds is 4. The van der Waals surface area contributed by atoms with Crippen LogP contribution in [0.25, 0.3) is 0 Å². The lowest BCUT2D eigenvalue weighted by Gasteiger charge is -2.11. The first-order valence-electron chi connectivity index (χ1n) is 5.33. The highest BCUT2D eigenvalue weighted by Gasteiger charge is 2.30. The smallest absolute Gasteiger partial charge is 0.384 e. The van der Waals surface area contributed by atoms with Gasteiger partial charge in [0, 0.05) is 23.1 Å². The number of anilines is 1. The third-order valence-electron chi connectivity index (χ3n) is 2.36. The van der Waals surface area contributed by atoms with E-state index in [4.69, 9.17) is 4.52 Å². The number of benzene rings is 1. The van der Waals surface area contributed by atoms with Gasteiger partial charge in [0.1, 0.15) is 0 Å². The summed E-state index contributed by atoms with van der Waals surface area (Å²) in [7, 11) is 0. The summed E-state index contributed by atoms with van der Waals surface area (Å²) in [6.07, 6.45) is -2.55. The molecule has 0 fully saturated rings. The van der Waals surface area contributed by atoms with Crippen molar-refractivity contribution in [1.29, 1.82) is 0 Å². The Morgan fingerprint density at radius 1 is 1.32 bits per heavy atom. The Balaban J connectivity index is 1.97. The van der Waals surface area contributed by atoms with Gasteiger partial charge >= 0.3 is 6.18 Å². The maximum Gasteiger partial charge on any atom is 0.416 e. The highest BCUT2D eigenvalue weighted by molar-refractivity contribution is 9.10. The van der Waals surface area contributed by atoms with E-state index >= 15 is 0 Å². The zero-order valence-corrected chi connectivity index (χ0v) is 11.1. The summed E-state index contributed by atoms with van der Waals surface area (Å²) >= 11 is 3.10. The molecule has 102 valence electrons. The van der Waals surface area contributed by atoms with Crippen LogP contribution in [0.4, 0.5) is 18.9 Å². The van der Waals surface area contributed by atoms with E-state index in [9.17, 15) is 13.2 Å². The lowest BCUT2D eigenvalue weighted by Crippen LogP contribution is -2.08. The Morgan fingerprint density at radius 3 is 2.68 bits per heavy atom. The maximum absolute atomic E-state index is 12.5. The van der Waals surface area contributed by atoms with Crippen LogP contribution in [-0.2, 0) is 12.6 Å². The Morgan fingerprint density at radius 2 is 2.11 bits per heavy atom. The van der Waals surface area contributed by atoms with E-state index in [0.29, 0.717) is 29.0 Å². The van der Waals surface area contributed by atoms with Crippen LogP contribution in [0, 0.1) is 0 Å². The SMILES string of the molecule is FC(F)(F)c1ccc(NCCc2ncno2)c(Br)c1. The van der Waals surface area contributed by atoms with Crippen molar-refractivity contribution < 1.29 is 17.7 Å². The standard InChI is InChI=1S/C11H9BrF3N3O/c12-8-5-7(11(13,14)15)1-2-9(8)16-4-3-10-17-6-18-19-10/h1-2,5-6,16H,3-4H2. The molecule has 0 amide bonds. The first-order valence-corrected chi connectivity index (χ1v) is 6.12. The van der Waals surface area contributed by atoms with Crippen molar-refractivity contribution in [2.75, 3.05) is 11.9 Å². The van der Waals surface area contributed by atoms with Crippen molar-refractivity contribution in [2.24, 2.45) is 0 Å². The Bertz CT molecular complexity index is 543. The van der Waals surface area contributed by atoms with Crippen LogP contribution in [0.15, 0.2) is 33.5 Å². The van der Waals surface area contributed by atoms with Gasteiger partial charge in [-0.05, 0) is 34.1 Å². The lowest BCUT2D eigenvalue weighted by molar-refractivity contribution is -0.137. The molecule has 4 nitrogen and oxygen atoms in total. The molecule has 0 bridgehead atoms. The van der Waals surface area contributed by atoms with Gasteiger partial charge in [0.25, 0.3) is 0 Å². The molecular weight excluding hydrogens is 327 g/mol. The van der Waals surface area contributed by atoms with E-state index in [1.165, 1.54) is 12.4 Å². The molecule has 19 heavy (non-hydrogen) atoms. The van der Waals surface area contributed by atoms with Crippen LogP contribution in [-0.4, -0.2) is 16.7 Å². The summed E-state index contributed by atoms with van der Waals surface area (Å²) in [5, 5.41) is 6.44. The molecule has 0 saturated heterocycles. The van der Waals surface area contributed by atoms with E-state index in [1.807, 2.05) is 0 Å². The largest absolute Gasteiger partial charge is 0.416 e. The Hall–Kier alpha value is -1.57. The van der Waals surface area contributed by atoms with Gasteiger partial charge in [0.2, 0.25) is 5.89 Å². The molecule has 0 unspecified atom stereocenters. The van der Waals surface area contributed by atoms with Crippen molar-refractivity contribution in [3.8, 4) is 0 Å². The molecule has 0 aliphatic heterocycles. The van der Waals surface area contributed by atoms with Crippen LogP contribution in [0.5, 0.6) is 0 Å². The number of nitrogens with one attached hydrogen (secondary N) is 1. The van der Waals surface area contributed by atoms with Crippen molar-refractivity contribution in [2.45, 2.75) is 12.6 Å². The second-order valence-corrected chi connectivity index (χ2v) is 4.56. The molecule has 8 heteroatoms. The highest BCUT2D eigenvalue weighted by Crippen LogP contribution is 2.33. The van der Waals surface area contributed by atoms with Gasteiger partial charge in [0.15, 0.2) is 6.33 Å². The molecule has 0 aliphatic rings. The van der Waals surface area contributed by atoms with Gasteiger partial charge in [-0.2, -0.15) is 18.2 Å². The third kappa shape index (κ3) is 3.69. The van der Waals surface area contributed by atoms with E-state index in [1.54, 1.807) is 0 Å². The molecule has 1 aromatic heterocycles. The van der Waals surface area contributed by atoms with Crippen LogP contribution >= 0.6 is 15.9 Å². The molecule has 2 rings (SSSR count). The average Bonchev–Trinajstić information content (AvgIpc) is 2.83. The van der Waals surface area contributed by atoms with Gasteiger partial charge in [-0.3, -0.25) is 0 Å². The van der Waals surface area contributed by atoms with Crippen LogP contribution in [0.3, 0.4) is 0 Å².